The third-order valence-corrected chi connectivity index (χ3v) is 3.04. The highest BCUT2D eigenvalue weighted by Gasteiger charge is 2.17. The molecule has 0 radical (unpaired) electrons. The van der Waals surface area contributed by atoms with Crippen molar-refractivity contribution >= 4 is 23.1 Å². The van der Waals surface area contributed by atoms with Gasteiger partial charge in [0, 0.05) is 19.2 Å². The summed E-state index contributed by atoms with van der Waals surface area (Å²) in [4.78, 5) is 14.3. The highest BCUT2D eigenvalue weighted by atomic mass is 35.5. The van der Waals surface area contributed by atoms with Crippen LogP contribution < -0.4 is 5.32 Å². The third kappa shape index (κ3) is 5.00. The number of nitrogens with zero attached hydrogens (tertiary/aromatic N) is 2. The summed E-state index contributed by atoms with van der Waals surface area (Å²) in [6, 6.07) is 2.72. The van der Waals surface area contributed by atoms with Crippen LogP contribution in [0, 0.1) is 16.0 Å². The Hall–Kier alpha value is -1.40. The zero-order chi connectivity index (χ0) is 14.3. The molecule has 0 bridgehead atoms. The maximum absolute atomic E-state index is 10.9. The van der Waals surface area contributed by atoms with E-state index in [4.69, 9.17) is 16.7 Å². The average Bonchev–Trinajstić information content (AvgIpc) is 2.36. The van der Waals surface area contributed by atoms with E-state index >= 15 is 0 Å². The molecule has 1 rings (SSSR count). The average molecular weight is 288 g/mol. The van der Waals surface area contributed by atoms with Gasteiger partial charge in [-0.1, -0.05) is 24.9 Å². The van der Waals surface area contributed by atoms with Crippen molar-refractivity contribution in [3.8, 4) is 0 Å². The molecule has 1 aromatic rings. The molecule has 7 heteroatoms. The van der Waals surface area contributed by atoms with Gasteiger partial charge in [-0.15, -0.1) is 0 Å². The lowest BCUT2D eigenvalue weighted by Gasteiger charge is -2.16. The molecule has 0 aliphatic carbocycles. The fraction of sp³-hybridized carbons (Fsp3) is 0.583. The molecular weight excluding hydrogens is 270 g/mol. The van der Waals surface area contributed by atoms with E-state index < -0.39 is 4.92 Å². The Kier molecular flexibility index (Phi) is 6.52. The van der Waals surface area contributed by atoms with Gasteiger partial charge in [0.05, 0.1) is 4.92 Å². The number of halogens is 1. The number of nitrogens with one attached hydrogen (secondary N) is 1. The SMILES string of the molecule is CCCC(CCO)CNc1nc(Cl)ccc1[N+](=O)[O-]. The number of anilines is 1. The molecule has 1 aromatic heterocycles. The summed E-state index contributed by atoms with van der Waals surface area (Å²) in [5, 5.41) is 23.0. The number of aliphatic hydroxyl groups is 1. The first kappa shape index (κ1) is 15.7. The molecule has 0 aliphatic heterocycles. The normalized spacial score (nSPS) is 12.2. The van der Waals surface area contributed by atoms with Crippen LogP contribution in [0.1, 0.15) is 26.2 Å². The van der Waals surface area contributed by atoms with Gasteiger partial charge in [-0.25, -0.2) is 4.98 Å². The maximum atomic E-state index is 10.9. The van der Waals surface area contributed by atoms with Crippen molar-refractivity contribution in [3.05, 3.63) is 27.4 Å². The van der Waals surface area contributed by atoms with Gasteiger partial charge in [0.25, 0.3) is 0 Å². The first-order chi connectivity index (χ1) is 9.08. The van der Waals surface area contributed by atoms with Gasteiger partial charge >= 0.3 is 5.69 Å². The molecule has 1 heterocycles. The monoisotopic (exact) mass is 287 g/mol. The van der Waals surface area contributed by atoms with Crippen molar-refractivity contribution in [1.82, 2.24) is 4.98 Å². The number of nitro groups is 1. The van der Waals surface area contributed by atoms with E-state index in [-0.39, 0.29) is 29.2 Å². The second-order valence-corrected chi connectivity index (χ2v) is 4.69. The van der Waals surface area contributed by atoms with Crippen molar-refractivity contribution in [2.75, 3.05) is 18.5 Å². The third-order valence-electron chi connectivity index (χ3n) is 2.83. The van der Waals surface area contributed by atoms with E-state index in [0.717, 1.165) is 12.8 Å². The van der Waals surface area contributed by atoms with Gasteiger partial charge in [0.1, 0.15) is 5.15 Å². The summed E-state index contributed by atoms with van der Waals surface area (Å²) < 4.78 is 0. The first-order valence-electron chi connectivity index (χ1n) is 6.24. The molecule has 0 aliphatic rings. The number of hydrogen-bond acceptors (Lipinski definition) is 5. The van der Waals surface area contributed by atoms with Crippen LogP contribution in [-0.2, 0) is 0 Å². The van der Waals surface area contributed by atoms with Crippen LogP contribution in [0.5, 0.6) is 0 Å². The lowest BCUT2D eigenvalue weighted by atomic mass is 10.0. The van der Waals surface area contributed by atoms with Gasteiger partial charge in [0.15, 0.2) is 0 Å². The van der Waals surface area contributed by atoms with E-state index in [9.17, 15) is 10.1 Å². The molecule has 106 valence electrons. The summed E-state index contributed by atoms with van der Waals surface area (Å²) in [5.41, 5.74) is -0.0938. The zero-order valence-electron chi connectivity index (χ0n) is 10.8. The summed E-state index contributed by atoms with van der Waals surface area (Å²) >= 11 is 5.75. The highest BCUT2D eigenvalue weighted by molar-refractivity contribution is 6.29. The van der Waals surface area contributed by atoms with Crippen molar-refractivity contribution in [3.63, 3.8) is 0 Å². The van der Waals surface area contributed by atoms with E-state index in [1.807, 2.05) is 0 Å². The minimum atomic E-state index is -0.494. The van der Waals surface area contributed by atoms with Crippen molar-refractivity contribution in [2.24, 2.45) is 5.92 Å². The smallest absolute Gasteiger partial charge is 0.311 e. The lowest BCUT2D eigenvalue weighted by molar-refractivity contribution is -0.384. The Morgan fingerprint density at radius 3 is 2.84 bits per heavy atom. The molecule has 6 nitrogen and oxygen atoms in total. The Labute approximate surface area is 117 Å². The van der Waals surface area contributed by atoms with Crippen LogP contribution in [0.25, 0.3) is 0 Å². The van der Waals surface area contributed by atoms with Gasteiger partial charge < -0.3 is 10.4 Å². The summed E-state index contributed by atoms with van der Waals surface area (Å²) in [6.07, 6.45) is 2.61. The number of rotatable bonds is 8. The number of pyridine rings is 1. The van der Waals surface area contributed by atoms with Crippen LogP contribution in [0.2, 0.25) is 5.15 Å². The van der Waals surface area contributed by atoms with E-state index in [1.54, 1.807) is 0 Å². The van der Waals surface area contributed by atoms with Crippen LogP contribution in [0.4, 0.5) is 11.5 Å². The molecule has 0 aromatic carbocycles. The van der Waals surface area contributed by atoms with Gasteiger partial charge in [-0.2, -0.15) is 0 Å². The van der Waals surface area contributed by atoms with Gasteiger partial charge in [-0.05, 0) is 24.8 Å². The summed E-state index contributed by atoms with van der Waals surface area (Å²) in [7, 11) is 0. The highest BCUT2D eigenvalue weighted by Crippen LogP contribution is 2.24. The second-order valence-electron chi connectivity index (χ2n) is 4.31. The molecule has 0 spiro atoms. The van der Waals surface area contributed by atoms with Crippen molar-refractivity contribution < 1.29 is 10.0 Å². The molecule has 19 heavy (non-hydrogen) atoms. The maximum Gasteiger partial charge on any atom is 0.311 e. The van der Waals surface area contributed by atoms with E-state index in [2.05, 4.69) is 17.2 Å². The molecule has 1 unspecified atom stereocenters. The minimum absolute atomic E-state index is 0.0938. The number of aromatic nitrogens is 1. The van der Waals surface area contributed by atoms with E-state index in [0.29, 0.717) is 13.0 Å². The minimum Gasteiger partial charge on any atom is -0.396 e. The Morgan fingerprint density at radius 1 is 1.53 bits per heavy atom. The molecule has 2 N–H and O–H groups in total. The molecule has 0 fully saturated rings. The van der Waals surface area contributed by atoms with Crippen molar-refractivity contribution in [1.29, 1.82) is 0 Å². The predicted molar refractivity (Wildman–Crippen MR) is 74.5 cm³/mol. The largest absolute Gasteiger partial charge is 0.396 e. The second kappa shape index (κ2) is 7.91. The van der Waals surface area contributed by atoms with Crippen LogP contribution >= 0.6 is 11.6 Å². The Morgan fingerprint density at radius 2 is 2.26 bits per heavy atom. The topological polar surface area (TPSA) is 88.3 Å². The lowest BCUT2D eigenvalue weighted by Crippen LogP contribution is -2.17. The summed E-state index contributed by atoms with van der Waals surface area (Å²) in [6.45, 7) is 2.70. The Balaban J connectivity index is 2.74. The quantitative estimate of drug-likeness (QED) is 0.436. The van der Waals surface area contributed by atoms with Gasteiger partial charge in [-0.3, -0.25) is 10.1 Å². The van der Waals surface area contributed by atoms with Crippen LogP contribution in [-0.4, -0.2) is 28.2 Å². The molecular formula is C12H18ClN3O3. The molecule has 0 saturated carbocycles. The fourth-order valence-electron chi connectivity index (χ4n) is 1.89. The fourth-order valence-corrected chi connectivity index (χ4v) is 2.03. The Bertz CT molecular complexity index is 423. The van der Waals surface area contributed by atoms with Crippen molar-refractivity contribution in [2.45, 2.75) is 26.2 Å². The standard InChI is InChI=1S/C12H18ClN3O3/c1-2-3-9(6-7-17)8-14-12-10(16(18)19)4-5-11(13)15-12/h4-5,9,17H,2-3,6-8H2,1H3,(H,14,15). The first-order valence-corrected chi connectivity index (χ1v) is 6.62. The van der Waals surface area contributed by atoms with Crippen LogP contribution in [0.15, 0.2) is 12.1 Å². The van der Waals surface area contributed by atoms with Gasteiger partial charge in [0.2, 0.25) is 5.82 Å². The number of hydrogen-bond donors (Lipinski definition) is 2. The zero-order valence-corrected chi connectivity index (χ0v) is 11.6. The van der Waals surface area contributed by atoms with Crippen LogP contribution in [0.3, 0.4) is 0 Å². The molecule has 0 amide bonds. The molecule has 0 saturated heterocycles. The number of aliphatic hydroxyl groups excluding tert-OH is 1. The molecule has 1 atom stereocenters. The summed E-state index contributed by atoms with van der Waals surface area (Å²) in [5.74, 6) is 0.437. The van der Waals surface area contributed by atoms with E-state index in [1.165, 1.54) is 12.1 Å². The predicted octanol–water partition coefficient (Wildman–Crippen LogP) is 2.85.